The largest absolute Gasteiger partial charge is 0.385 e. The van der Waals surface area contributed by atoms with Crippen LogP contribution in [0.4, 0.5) is 0 Å². The van der Waals surface area contributed by atoms with Crippen molar-refractivity contribution in [3.63, 3.8) is 0 Å². The fraction of sp³-hybridized carbons (Fsp3) is 0.769. The Morgan fingerprint density at radius 2 is 1.94 bits per heavy atom. The van der Waals surface area contributed by atoms with Crippen LogP contribution in [0.5, 0.6) is 0 Å². The number of likely N-dealkylation sites (tertiary alicyclic amines) is 1. The first kappa shape index (κ1) is 12.6. The molecule has 2 rings (SSSR count). The molecule has 1 aromatic rings. The zero-order valence-electron chi connectivity index (χ0n) is 11.1. The van der Waals surface area contributed by atoms with E-state index in [1.54, 1.807) is 10.9 Å². The van der Waals surface area contributed by atoms with Gasteiger partial charge in [0, 0.05) is 18.8 Å². The summed E-state index contributed by atoms with van der Waals surface area (Å²) in [7, 11) is 1.88. The predicted molar refractivity (Wildman–Crippen MR) is 67.7 cm³/mol. The Labute approximate surface area is 103 Å². The van der Waals surface area contributed by atoms with Crippen molar-refractivity contribution in [2.75, 3.05) is 13.1 Å². The fourth-order valence-electron chi connectivity index (χ4n) is 2.66. The van der Waals surface area contributed by atoms with E-state index >= 15 is 0 Å². The van der Waals surface area contributed by atoms with Crippen LogP contribution in [-0.4, -0.2) is 38.4 Å². The molecule has 0 spiro atoms. The summed E-state index contributed by atoms with van der Waals surface area (Å²) in [5, 5.41) is 14.7. The van der Waals surface area contributed by atoms with Crippen LogP contribution in [0, 0.1) is 0 Å². The molecule has 1 aromatic heterocycles. The number of rotatable bonds is 3. The monoisotopic (exact) mass is 237 g/mol. The minimum atomic E-state index is -0.493. The summed E-state index contributed by atoms with van der Waals surface area (Å²) < 4.78 is 1.76. The molecule has 0 saturated carbocycles. The van der Waals surface area contributed by atoms with Crippen molar-refractivity contribution >= 4 is 0 Å². The van der Waals surface area contributed by atoms with Gasteiger partial charge in [0.2, 0.25) is 0 Å². The molecule has 1 saturated heterocycles. The Kier molecular flexibility index (Phi) is 3.54. The van der Waals surface area contributed by atoms with Crippen LogP contribution in [0.1, 0.15) is 44.9 Å². The molecule has 1 atom stereocenters. The van der Waals surface area contributed by atoms with E-state index in [2.05, 4.69) is 23.8 Å². The lowest BCUT2D eigenvalue weighted by Gasteiger charge is -2.43. The van der Waals surface area contributed by atoms with Gasteiger partial charge in [0.25, 0.3) is 0 Å². The quantitative estimate of drug-likeness (QED) is 0.870. The standard InChI is InChI=1S/C13H23N3O/c1-13(2,16-9-5-4-6-10-16)12(17)11-7-8-14-15(11)3/h7-8,12,17H,4-6,9-10H2,1-3H3. The molecule has 4 nitrogen and oxygen atoms in total. The highest BCUT2D eigenvalue weighted by Gasteiger charge is 2.37. The van der Waals surface area contributed by atoms with Crippen LogP contribution in [0.15, 0.2) is 12.3 Å². The Hall–Kier alpha value is -0.870. The van der Waals surface area contributed by atoms with Gasteiger partial charge >= 0.3 is 0 Å². The van der Waals surface area contributed by atoms with Gasteiger partial charge in [-0.2, -0.15) is 5.10 Å². The molecule has 0 radical (unpaired) electrons. The van der Waals surface area contributed by atoms with Crippen molar-refractivity contribution in [2.24, 2.45) is 7.05 Å². The van der Waals surface area contributed by atoms with Gasteiger partial charge in [-0.05, 0) is 45.8 Å². The Bertz CT molecular complexity index is 366. The van der Waals surface area contributed by atoms with E-state index in [4.69, 9.17) is 0 Å². The molecule has 0 aromatic carbocycles. The third-order valence-corrected chi connectivity index (χ3v) is 3.98. The predicted octanol–water partition coefficient (Wildman–Crippen LogP) is 1.72. The number of aromatic nitrogens is 2. The molecule has 1 aliphatic heterocycles. The molecule has 1 unspecified atom stereocenters. The molecule has 96 valence electrons. The van der Waals surface area contributed by atoms with Gasteiger partial charge in [0.05, 0.1) is 5.69 Å². The van der Waals surface area contributed by atoms with Gasteiger partial charge in [0.1, 0.15) is 6.10 Å². The van der Waals surface area contributed by atoms with Crippen LogP contribution in [0.2, 0.25) is 0 Å². The van der Waals surface area contributed by atoms with Crippen molar-refractivity contribution in [1.82, 2.24) is 14.7 Å². The zero-order valence-corrected chi connectivity index (χ0v) is 11.1. The van der Waals surface area contributed by atoms with Crippen LogP contribution in [0.3, 0.4) is 0 Å². The maximum atomic E-state index is 10.6. The maximum absolute atomic E-state index is 10.6. The summed E-state index contributed by atoms with van der Waals surface area (Å²) in [5.41, 5.74) is 0.661. The Balaban J connectivity index is 2.16. The average Bonchev–Trinajstić information content (AvgIpc) is 2.75. The van der Waals surface area contributed by atoms with Crippen molar-refractivity contribution in [3.05, 3.63) is 18.0 Å². The van der Waals surface area contributed by atoms with Crippen LogP contribution < -0.4 is 0 Å². The van der Waals surface area contributed by atoms with E-state index in [1.165, 1.54) is 19.3 Å². The van der Waals surface area contributed by atoms with Crippen LogP contribution >= 0.6 is 0 Å². The van der Waals surface area contributed by atoms with Gasteiger partial charge in [0.15, 0.2) is 0 Å². The first-order chi connectivity index (χ1) is 8.03. The summed E-state index contributed by atoms with van der Waals surface area (Å²) in [6.45, 7) is 6.41. The molecular weight excluding hydrogens is 214 g/mol. The second-order valence-electron chi connectivity index (χ2n) is 5.48. The number of piperidine rings is 1. The van der Waals surface area contributed by atoms with E-state index in [9.17, 15) is 5.11 Å². The smallest absolute Gasteiger partial charge is 0.113 e. The molecule has 2 heterocycles. The Morgan fingerprint density at radius 3 is 2.47 bits per heavy atom. The summed E-state index contributed by atoms with van der Waals surface area (Å²) >= 11 is 0. The van der Waals surface area contributed by atoms with E-state index < -0.39 is 6.10 Å². The fourth-order valence-corrected chi connectivity index (χ4v) is 2.66. The van der Waals surface area contributed by atoms with Gasteiger partial charge < -0.3 is 5.11 Å². The SMILES string of the molecule is Cn1nccc1C(O)C(C)(C)N1CCCCC1. The second-order valence-corrected chi connectivity index (χ2v) is 5.48. The van der Waals surface area contributed by atoms with Crippen molar-refractivity contribution in [1.29, 1.82) is 0 Å². The molecule has 17 heavy (non-hydrogen) atoms. The lowest BCUT2D eigenvalue weighted by Crippen LogP contribution is -2.50. The van der Waals surface area contributed by atoms with Gasteiger partial charge in [-0.3, -0.25) is 9.58 Å². The number of aliphatic hydroxyl groups is 1. The lowest BCUT2D eigenvalue weighted by molar-refractivity contribution is -0.0247. The van der Waals surface area contributed by atoms with Crippen molar-refractivity contribution in [2.45, 2.75) is 44.8 Å². The zero-order chi connectivity index (χ0) is 12.5. The van der Waals surface area contributed by atoms with Crippen molar-refractivity contribution in [3.8, 4) is 0 Å². The normalized spacial score (nSPS) is 20.5. The second kappa shape index (κ2) is 4.78. The van der Waals surface area contributed by atoms with Crippen LogP contribution in [-0.2, 0) is 7.05 Å². The van der Waals surface area contributed by atoms with Gasteiger partial charge in [-0.1, -0.05) is 6.42 Å². The number of hydrogen-bond donors (Lipinski definition) is 1. The summed E-state index contributed by atoms with van der Waals surface area (Å²) in [5.74, 6) is 0. The lowest BCUT2D eigenvalue weighted by atomic mass is 9.90. The first-order valence-corrected chi connectivity index (χ1v) is 6.44. The third kappa shape index (κ3) is 2.38. The van der Waals surface area contributed by atoms with Crippen LogP contribution in [0.25, 0.3) is 0 Å². The summed E-state index contributed by atoms with van der Waals surface area (Å²) in [4.78, 5) is 2.40. The highest BCUT2D eigenvalue weighted by molar-refractivity contribution is 5.10. The molecule has 1 aliphatic rings. The van der Waals surface area contributed by atoms with Gasteiger partial charge in [-0.25, -0.2) is 0 Å². The molecule has 1 fully saturated rings. The molecule has 0 aliphatic carbocycles. The number of aliphatic hydroxyl groups excluding tert-OH is 1. The number of hydrogen-bond acceptors (Lipinski definition) is 3. The van der Waals surface area contributed by atoms with E-state index in [-0.39, 0.29) is 5.54 Å². The first-order valence-electron chi connectivity index (χ1n) is 6.44. The molecule has 4 heteroatoms. The number of nitrogens with zero attached hydrogens (tertiary/aromatic N) is 3. The molecule has 0 amide bonds. The van der Waals surface area contributed by atoms with Crippen molar-refractivity contribution < 1.29 is 5.11 Å². The molecule has 1 N–H and O–H groups in total. The molecule has 0 bridgehead atoms. The minimum Gasteiger partial charge on any atom is -0.385 e. The van der Waals surface area contributed by atoms with E-state index in [1.807, 2.05) is 13.1 Å². The van der Waals surface area contributed by atoms with E-state index in [0.29, 0.717) is 0 Å². The average molecular weight is 237 g/mol. The number of aryl methyl sites for hydroxylation is 1. The van der Waals surface area contributed by atoms with E-state index in [0.717, 1.165) is 18.8 Å². The maximum Gasteiger partial charge on any atom is 0.113 e. The third-order valence-electron chi connectivity index (χ3n) is 3.98. The minimum absolute atomic E-state index is 0.228. The molecular formula is C13H23N3O. The summed E-state index contributed by atoms with van der Waals surface area (Å²) in [6.07, 6.45) is 5.04. The highest BCUT2D eigenvalue weighted by atomic mass is 16.3. The van der Waals surface area contributed by atoms with Gasteiger partial charge in [-0.15, -0.1) is 0 Å². The highest BCUT2D eigenvalue weighted by Crippen LogP contribution is 2.32. The Morgan fingerprint density at radius 1 is 1.29 bits per heavy atom. The topological polar surface area (TPSA) is 41.3 Å². The summed E-state index contributed by atoms with van der Waals surface area (Å²) in [6, 6.07) is 1.90.